The Morgan fingerprint density at radius 1 is 1.22 bits per heavy atom. The molecular formula is C14H24N2S2. The predicted octanol–water partition coefficient (Wildman–Crippen LogP) is 5.11. The van der Waals surface area contributed by atoms with Crippen molar-refractivity contribution in [3.8, 4) is 0 Å². The number of hydrogen-bond acceptors (Lipinski definition) is 3. The van der Waals surface area contributed by atoms with Crippen molar-refractivity contribution in [1.29, 1.82) is 0 Å². The number of aromatic nitrogens is 2. The molecule has 0 bridgehead atoms. The van der Waals surface area contributed by atoms with Crippen LogP contribution in [0.3, 0.4) is 0 Å². The zero-order valence-electron chi connectivity index (χ0n) is 12.2. The third-order valence-electron chi connectivity index (χ3n) is 2.32. The SMILES string of the molecule is CC(C)(C)CSS/C=C\c1n[nH]cc1C(C)(C)C. The average molecular weight is 284 g/mol. The highest BCUT2D eigenvalue weighted by Crippen LogP contribution is 2.31. The molecule has 0 aliphatic heterocycles. The van der Waals surface area contributed by atoms with Crippen molar-refractivity contribution in [3.05, 3.63) is 22.9 Å². The molecule has 0 atom stereocenters. The van der Waals surface area contributed by atoms with Crippen molar-refractivity contribution in [1.82, 2.24) is 10.2 Å². The highest BCUT2D eigenvalue weighted by atomic mass is 33.1. The first-order chi connectivity index (χ1) is 8.20. The van der Waals surface area contributed by atoms with E-state index in [-0.39, 0.29) is 5.41 Å². The van der Waals surface area contributed by atoms with Gasteiger partial charge in [0.1, 0.15) is 0 Å². The zero-order valence-corrected chi connectivity index (χ0v) is 13.8. The van der Waals surface area contributed by atoms with Gasteiger partial charge in [-0.1, -0.05) is 63.1 Å². The van der Waals surface area contributed by atoms with Gasteiger partial charge in [-0.25, -0.2) is 0 Å². The van der Waals surface area contributed by atoms with Gasteiger partial charge in [-0.2, -0.15) is 5.10 Å². The Morgan fingerprint density at radius 2 is 1.89 bits per heavy atom. The summed E-state index contributed by atoms with van der Waals surface area (Å²) >= 11 is 0. The van der Waals surface area contributed by atoms with E-state index in [9.17, 15) is 0 Å². The molecule has 0 aliphatic rings. The van der Waals surface area contributed by atoms with Gasteiger partial charge in [0.15, 0.2) is 0 Å². The molecule has 1 aromatic heterocycles. The van der Waals surface area contributed by atoms with Gasteiger partial charge in [0, 0.05) is 17.5 Å². The van der Waals surface area contributed by atoms with Crippen LogP contribution in [0.15, 0.2) is 11.6 Å². The lowest BCUT2D eigenvalue weighted by Crippen LogP contribution is -2.11. The molecule has 1 N–H and O–H groups in total. The summed E-state index contributed by atoms with van der Waals surface area (Å²) in [5, 5.41) is 9.37. The summed E-state index contributed by atoms with van der Waals surface area (Å²) in [7, 11) is 3.67. The molecule has 102 valence electrons. The van der Waals surface area contributed by atoms with E-state index in [0.29, 0.717) is 5.41 Å². The molecule has 2 nitrogen and oxygen atoms in total. The van der Waals surface area contributed by atoms with Crippen molar-refractivity contribution in [3.63, 3.8) is 0 Å². The summed E-state index contributed by atoms with van der Waals surface area (Å²) in [6, 6.07) is 0. The molecule has 0 saturated heterocycles. The van der Waals surface area contributed by atoms with Crippen LogP contribution < -0.4 is 0 Å². The third-order valence-corrected chi connectivity index (χ3v) is 4.78. The van der Waals surface area contributed by atoms with Crippen LogP contribution in [0.1, 0.15) is 52.8 Å². The average Bonchev–Trinajstić information content (AvgIpc) is 2.62. The van der Waals surface area contributed by atoms with Crippen molar-refractivity contribution in [2.45, 2.75) is 47.0 Å². The minimum absolute atomic E-state index is 0.135. The highest BCUT2D eigenvalue weighted by Gasteiger charge is 2.18. The summed E-state index contributed by atoms with van der Waals surface area (Å²) < 4.78 is 0. The van der Waals surface area contributed by atoms with Crippen LogP contribution in [0.5, 0.6) is 0 Å². The second-order valence-electron chi connectivity index (χ2n) is 6.66. The molecule has 0 radical (unpaired) electrons. The molecule has 1 aromatic rings. The van der Waals surface area contributed by atoms with Crippen LogP contribution in [-0.4, -0.2) is 16.0 Å². The Kier molecular flexibility index (Phi) is 5.41. The van der Waals surface area contributed by atoms with Crippen LogP contribution in [0.25, 0.3) is 6.08 Å². The Morgan fingerprint density at radius 3 is 2.44 bits per heavy atom. The molecule has 0 spiro atoms. The zero-order chi connectivity index (χ0) is 13.8. The van der Waals surface area contributed by atoms with E-state index < -0.39 is 0 Å². The van der Waals surface area contributed by atoms with Crippen molar-refractivity contribution >= 4 is 27.7 Å². The highest BCUT2D eigenvalue weighted by molar-refractivity contribution is 8.77. The van der Waals surface area contributed by atoms with E-state index in [1.165, 1.54) is 5.56 Å². The molecule has 0 aliphatic carbocycles. The smallest absolute Gasteiger partial charge is 0.0891 e. The second kappa shape index (κ2) is 6.20. The van der Waals surface area contributed by atoms with E-state index in [2.05, 4.69) is 63.2 Å². The van der Waals surface area contributed by atoms with Crippen LogP contribution in [0.4, 0.5) is 0 Å². The van der Waals surface area contributed by atoms with Crippen molar-refractivity contribution in [2.24, 2.45) is 5.41 Å². The fraction of sp³-hybridized carbons (Fsp3) is 0.643. The van der Waals surface area contributed by atoms with Crippen molar-refractivity contribution < 1.29 is 0 Å². The second-order valence-corrected chi connectivity index (χ2v) is 8.93. The topological polar surface area (TPSA) is 28.7 Å². The third kappa shape index (κ3) is 5.53. The molecule has 0 aromatic carbocycles. The Balaban J connectivity index is 2.51. The minimum Gasteiger partial charge on any atom is -0.285 e. The lowest BCUT2D eigenvalue weighted by atomic mass is 9.87. The number of H-pyrrole nitrogens is 1. The Labute approximate surface area is 119 Å². The number of rotatable bonds is 4. The van der Waals surface area contributed by atoms with Gasteiger partial charge in [0.05, 0.1) is 5.69 Å². The number of nitrogens with one attached hydrogen (secondary N) is 1. The first-order valence-corrected chi connectivity index (χ1v) is 8.57. The first kappa shape index (κ1) is 15.7. The molecule has 0 saturated carbocycles. The van der Waals surface area contributed by atoms with Crippen LogP contribution in [0, 0.1) is 5.41 Å². The Bertz CT molecular complexity index is 395. The van der Waals surface area contributed by atoms with Gasteiger partial charge in [-0.15, -0.1) is 0 Å². The summed E-state index contributed by atoms with van der Waals surface area (Å²) in [6.45, 7) is 13.4. The van der Waals surface area contributed by atoms with Gasteiger partial charge in [-0.05, 0) is 22.3 Å². The quantitative estimate of drug-likeness (QED) is 0.615. The van der Waals surface area contributed by atoms with Gasteiger partial charge < -0.3 is 0 Å². The van der Waals surface area contributed by atoms with Crippen molar-refractivity contribution in [2.75, 3.05) is 5.75 Å². The van der Waals surface area contributed by atoms with E-state index in [0.717, 1.165) is 11.4 Å². The first-order valence-electron chi connectivity index (χ1n) is 6.19. The molecule has 0 amide bonds. The molecule has 0 fully saturated rings. The maximum absolute atomic E-state index is 4.29. The summed E-state index contributed by atoms with van der Waals surface area (Å²) in [5.74, 6) is 1.15. The van der Waals surface area contributed by atoms with Gasteiger partial charge in [0.2, 0.25) is 0 Å². The Hall–Kier alpha value is -0.350. The van der Waals surface area contributed by atoms with Crippen LogP contribution >= 0.6 is 21.6 Å². The van der Waals surface area contributed by atoms with E-state index in [4.69, 9.17) is 0 Å². The van der Waals surface area contributed by atoms with E-state index in [1.807, 2.05) is 17.0 Å². The monoisotopic (exact) mass is 284 g/mol. The van der Waals surface area contributed by atoms with Crippen LogP contribution in [-0.2, 0) is 5.41 Å². The maximum Gasteiger partial charge on any atom is 0.0891 e. The summed E-state index contributed by atoms with van der Waals surface area (Å²) in [4.78, 5) is 0. The number of aromatic amines is 1. The fourth-order valence-electron chi connectivity index (χ4n) is 1.37. The largest absolute Gasteiger partial charge is 0.285 e. The normalized spacial score (nSPS) is 13.4. The predicted molar refractivity (Wildman–Crippen MR) is 85.8 cm³/mol. The standard InChI is InChI=1S/C14H24N2S2/c1-13(2,3)10-18-17-8-7-12-11(9-15-16-12)14(4,5)6/h7-9H,10H2,1-6H3,(H,15,16)/b8-7-. The summed E-state index contributed by atoms with van der Waals surface area (Å²) in [5.41, 5.74) is 2.83. The molecular weight excluding hydrogens is 260 g/mol. The number of hydrogen-bond donors (Lipinski definition) is 1. The summed E-state index contributed by atoms with van der Waals surface area (Å²) in [6.07, 6.45) is 4.09. The molecule has 1 heterocycles. The molecule has 0 unspecified atom stereocenters. The lowest BCUT2D eigenvalue weighted by Gasteiger charge is -2.17. The van der Waals surface area contributed by atoms with Crippen LogP contribution in [0.2, 0.25) is 0 Å². The van der Waals surface area contributed by atoms with Gasteiger partial charge in [0.25, 0.3) is 0 Å². The van der Waals surface area contributed by atoms with Gasteiger partial charge >= 0.3 is 0 Å². The molecule has 1 rings (SSSR count). The van der Waals surface area contributed by atoms with E-state index in [1.54, 1.807) is 10.8 Å². The number of nitrogens with zero attached hydrogens (tertiary/aromatic N) is 1. The van der Waals surface area contributed by atoms with Gasteiger partial charge in [-0.3, -0.25) is 5.10 Å². The minimum atomic E-state index is 0.135. The molecule has 4 heteroatoms. The maximum atomic E-state index is 4.29. The lowest BCUT2D eigenvalue weighted by molar-refractivity contribution is 0.482. The molecule has 18 heavy (non-hydrogen) atoms. The fourth-order valence-corrected chi connectivity index (χ4v) is 3.72. The van der Waals surface area contributed by atoms with E-state index >= 15 is 0 Å².